The lowest BCUT2D eigenvalue weighted by atomic mass is 9.96. The largest absolute Gasteiger partial charge is 0.504 e. The molecule has 1 unspecified atom stereocenters. The van der Waals surface area contributed by atoms with Crippen LogP contribution in [0.2, 0.25) is 0 Å². The first-order valence-corrected chi connectivity index (χ1v) is 15.1. The van der Waals surface area contributed by atoms with Gasteiger partial charge in [-0.05, 0) is 59.5 Å². The fourth-order valence-electron chi connectivity index (χ4n) is 5.12. The van der Waals surface area contributed by atoms with E-state index in [-0.39, 0.29) is 23.5 Å². The van der Waals surface area contributed by atoms with Gasteiger partial charge in [0.25, 0.3) is 5.56 Å². The molecule has 0 saturated carbocycles. The highest BCUT2D eigenvalue weighted by atomic mass is 32.1. The van der Waals surface area contributed by atoms with Crippen LogP contribution in [0.15, 0.2) is 124 Å². The van der Waals surface area contributed by atoms with Gasteiger partial charge < -0.3 is 19.3 Å². The molecule has 8 nitrogen and oxygen atoms in total. The number of fused-ring (bicyclic) bond motifs is 1. The molecule has 1 atom stereocenters. The molecule has 0 bridgehead atoms. The van der Waals surface area contributed by atoms with Crippen LogP contribution in [0.4, 0.5) is 0 Å². The number of allylic oxidation sites excluding steroid dienone is 1. The topological polar surface area (TPSA) is 99.4 Å². The third-order valence-corrected chi connectivity index (χ3v) is 8.38. The molecule has 0 radical (unpaired) electrons. The fraction of sp³-hybridized carbons (Fsp3) is 0.139. The van der Waals surface area contributed by atoms with E-state index in [2.05, 4.69) is 4.99 Å². The van der Waals surface area contributed by atoms with Gasteiger partial charge in [0.1, 0.15) is 19.0 Å². The molecule has 0 saturated heterocycles. The average Bonchev–Trinajstić information content (AvgIpc) is 3.37. The zero-order chi connectivity index (χ0) is 31.3. The first-order chi connectivity index (χ1) is 21.9. The van der Waals surface area contributed by atoms with Gasteiger partial charge in [0.2, 0.25) is 0 Å². The quantitative estimate of drug-likeness (QED) is 0.226. The molecular weight excluding hydrogens is 588 g/mol. The van der Waals surface area contributed by atoms with Crippen LogP contribution in [0.25, 0.3) is 6.08 Å². The van der Waals surface area contributed by atoms with Gasteiger partial charge in [0.05, 0.1) is 29.0 Å². The summed E-state index contributed by atoms with van der Waals surface area (Å²) in [7, 11) is 1.46. The molecule has 2 heterocycles. The van der Waals surface area contributed by atoms with E-state index in [1.54, 1.807) is 29.7 Å². The molecule has 45 heavy (non-hydrogen) atoms. The fourth-order valence-corrected chi connectivity index (χ4v) is 6.17. The molecule has 0 spiro atoms. The van der Waals surface area contributed by atoms with Crippen molar-refractivity contribution in [2.45, 2.75) is 26.2 Å². The highest BCUT2D eigenvalue weighted by Crippen LogP contribution is 2.32. The predicted octanol–water partition coefficient (Wildman–Crippen LogP) is 5.27. The van der Waals surface area contributed by atoms with Crippen LogP contribution in [0.5, 0.6) is 17.2 Å². The summed E-state index contributed by atoms with van der Waals surface area (Å²) in [6.45, 7) is 2.25. The van der Waals surface area contributed by atoms with E-state index in [4.69, 9.17) is 14.2 Å². The molecule has 226 valence electrons. The van der Waals surface area contributed by atoms with Gasteiger partial charge in [0, 0.05) is 0 Å². The van der Waals surface area contributed by atoms with Gasteiger partial charge in [0.15, 0.2) is 16.3 Å². The standard InChI is InChI=1S/C36H30N2O6S/c1-23-32(35(41)44-22-25-11-7-4-8-12-25)33(27-14-16-28(17-15-27)43-21-24-9-5-3-6-10-24)38-34(40)31(45-36(38)37-23)20-26-13-18-29(39)30(19-26)42-2/h3-20,33,39H,21-22H2,1-2H3/b31-20-. The van der Waals surface area contributed by atoms with Crippen molar-refractivity contribution in [3.8, 4) is 17.2 Å². The minimum atomic E-state index is -0.774. The van der Waals surface area contributed by atoms with Crippen molar-refractivity contribution in [1.82, 2.24) is 4.57 Å². The summed E-state index contributed by atoms with van der Waals surface area (Å²) in [4.78, 5) is 32.8. The van der Waals surface area contributed by atoms with Crippen molar-refractivity contribution < 1.29 is 24.1 Å². The lowest BCUT2D eigenvalue weighted by molar-refractivity contribution is -0.140. The van der Waals surface area contributed by atoms with E-state index in [1.807, 2.05) is 84.9 Å². The number of carbonyl (C=O) groups excluding carboxylic acids is 1. The molecule has 0 fully saturated rings. The highest BCUT2D eigenvalue weighted by molar-refractivity contribution is 7.07. The third kappa shape index (κ3) is 6.44. The SMILES string of the molecule is COc1cc(/C=c2\sc3n(c2=O)C(c2ccc(OCc4ccccc4)cc2)C(C(=O)OCc2ccccc2)=C(C)N=3)ccc1O. The van der Waals surface area contributed by atoms with E-state index < -0.39 is 12.0 Å². The second kappa shape index (κ2) is 13.1. The van der Waals surface area contributed by atoms with Gasteiger partial charge in [-0.1, -0.05) is 90.2 Å². The summed E-state index contributed by atoms with van der Waals surface area (Å²) in [5.74, 6) is 0.405. The van der Waals surface area contributed by atoms with Crippen LogP contribution in [0, 0.1) is 0 Å². The molecule has 0 amide bonds. The van der Waals surface area contributed by atoms with Crippen molar-refractivity contribution in [3.63, 3.8) is 0 Å². The number of phenolic OH excluding ortho intramolecular Hbond substituents is 1. The number of thiazole rings is 1. The van der Waals surface area contributed by atoms with Crippen LogP contribution >= 0.6 is 11.3 Å². The lowest BCUT2D eigenvalue weighted by Gasteiger charge is -2.25. The zero-order valence-electron chi connectivity index (χ0n) is 24.7. The summed E-state index contributed by atoms with van der Waals surface area (Å²) in [6.07, 6.45) is 1.72. The number of ether oxygens (including phenoxy) is 3. The van der Waals surface area contributed by atoms with E-state index >= 15 is 0 Å². The Morgan fingerprint density at radius 1 is 0.933 bits per heavy atom. The maximum Gasteiger partial charge on any atom is 0.338 e. The molecule has 1 N–H and O–H groups in total. The van der Waals surface area contributed by atoms with Crippen LogP contribution in [0.3, 0.4) is 0 Å². The number of nitrogens with zero attached hydrogens (tertiary/aromatic N) is 2. The number of benzene rings is 4. The number of aromatic hydroxyl groups is 1. The minimum absolute atomic E-state index is 0.00147. The first kappa shape index (κ1) is 29.7. The maximum atomic E-state index is 14.0. The highest BCUT2D eigenvalue weighted by Gasteiger charge is 2.33. The summed E-state index contributed by atoms with van der Waals surface area (Å²) < 4.78 is 18.9. The van der Waals surface area contributed by atoms with Gasteiger partial charge >= 0.3 is 5.97 Å². The molecule has 1 aliphatic heterocycles. The minimum Gasteiger partial charge on any atom is -0.504 e. The number of esters is 1. The molecule has 4 aromatic carbocycles. The first-order valence-electron chi connectivity index (χ1n) is 14.3. The van der Waals surface area contributed by atoms with Gasteiger partial charge in [-0.3, -0.25) is 9.36 Å². The third-order valence-electron chi connectivity index (χ3n) is 7.40. The number of rotatable bonds is 9. The van der Waals surface area contributed by atoms with E-state index in [0.717, 1.165) is 11.1 Å². The number of aromatic nitrogens is 1. The number of hydrogen-bond donors (Lipinski definition) is 1. The average molecular weight is 619 g/mol. The smallest absolute Gasteiger partial charge is 0.338 e. The molecule has 9 heteroatoms. The number of hydrogen-bond acceptors (Lipinski definition) is 8. The Balaban J connectivity index is 1.39. The number of phenols is 1. The van der Waals surface area contributed by atoms with Crippen molar-refractivity contribution in [2.75, 3.05) is 7.11 Å². The lowest BCUT2D eigenvalue weighted by Crippen LogP contribution is -2.39. The number of methoxy groups -OCH3 is 1. The second-order valence-corrected chi connectivity index (χ2v) is 11.4. The van der Waals surface area contributed by atoms with Crippen molar-refractivity contribution in [3.05, 3.63) is 156 Å². The van der Waals surface area contributed by atoms with Crippen LogP contribution in [-0.4, -0.2) is 22.8 Å². The molecule has 1 aliphatic rings. The zero-order valence-corrected chi connectivity index (χ0v) is 25.5. The monoisotopic (exact) mass is 618 g/mol. The Hall–Kier alpha value is -5.41. The Morgan fingerprint density at radius 3 is 2.27 bits per heavy atom. The molecule has 0 aliphatic carbocycles. The molecular formula is C36H30N2O6S. The molecule has 5 aromatic rings. The van der Waals surface area contributed by atoms with E-state index in [0.29, 0.717) is 44.3 Å². The van der Waals surface area contributed by atoms with Crippen molar-refractivity contribution >= 4 is 23.4 Å². The summed E-state index contributed by atoms with van der Waals surface area (Å²) in [6, 6.07) is 30.8. The Labute approximate surface area is 263 Å². The van der Waals surface area contributed by atoms with Gasteiger partial charge in [-0.2, -0.15) is 0 Å². The van der Waals surface area contributed by atoms with Gasteiger partial charge in [-0.15, -0.1) is 0 Å². The predicted molar refractivity (Wildman–Crippen MR) is 172 cm³/mol. The van der Waals surface area contributed by atoms with Crippen molar-refractivity contribution in [1.29, 1.82) is 0 Å². The van der Waals surface area contributed by atoms with Crippen LogP contribution in [0.1, 0.15) is 35.2 Å². The summed E-state index contributed by atoms with van der Waals surface area (Å²) in [5, 5.41) is 10.0. The van der Waals surface area contributed by atoms with Crippen LogP contribution < -0.4 is 24.4 Å². The summed E-state index contributed by atoms with van der Waals surface area (Å²) in [5.41, 5.74) is 3.73. The van der Waals surface area contributed by atoms with Crippen molar-refractivity contribution in [2.24, 2.45) is 4.99 Å². The Bertz CT molecular complexity index is 2050. The Kier molecular flexibility index (Phi) is 8.61. The number of carbonyl (C=O) groups is 1. The van der Waals surface area contributed by atoms with Crippen LogP contribution in [-0.2, 0) is 22.7 Å². The van der Waals surface area contributed by atoms with E-state index in [9.17, 15) is 14.7 Å². The van der Waals surface area contributed by atoms with Gasteiger partial charge in [-0.25, -0.2) is 9.79 Å². The maximum absolute atomic E-state index is 14.0. The van der Waals surface area contributed by atoms with E-state index in [1.165, 1.54) is 24.5 Å². The second-order valence-electron chi connectivity index (χ2n) is 10.4. The summed E-state index contributed by atoms with van der Waals surface area (Å²) >= 11 is 1.22. The molecule has 1 aromatic heterocycles. The normalized spacial score (nSPS) is 14.4. The molecule has 6 rings (SSSR count). The Morgan fingerprint density at radius 2 is 1.60 bits per heavy atom.